The van der Waals surface area contributed by atoms with Crippen molar-refractivity contribution in [2.24, 2.45) is 5.73 Å². The van der Waals surface area contributed by atoms with Crippen molar-refractivity contribution in [1.29, 1.82) is 0 Å². The van der Waals surface area contributed by atoms with Gasteiger partial charge in [0.25, 0.3) is 0 Å². The highest BCUT2D eigenvalue weighted by atomic mass is 79.9. The number of fused-ring (bicyclic) bond motifs is 1. The van der Waals surface area contributed by atoms with Crippen molar-refractivity contribution < 1.29 is 23.9 Å². The number of ether oxygens (including phenoxy) is 2. The van der Waals surface area contributed by atoms with E-state index in [9.17, 15) is 14.4 Å². The summed E-state index contributed by atoms with van der Waals surface area (Å²) >= 11 is 3.38. The molecule has 0 fully saturated rings. The van der Waals surface area contributed by atoms with E-state index in [1.165, 1.54) is 0 Å². The number of allylic oxidation sites excluding steroid dienone is 2. The molecule has 0 amide bonds. The quantitative estimate of drug-likeness (QED) is 0.712. The van der Waals surface area contributed by atoms with E-state index in [0.717, 1.165) is 4.47 Å². The van der Waals surface area contributed by atoms with Gasteiger partial charge in [0.1, 0.15) is 5.57 Å². The highest BCUT2D eigenvalue weighted by Gasteiger charge is 2.45. The summed E-state index contributed by atoms with van der Waals surface area (Å²) < 4.78 is 11.5. The Morgan fingerprint density at radius 2 is 1.69 bits per heavy atom. The molecule has 1 aliphatic heterocycles. The van der Waals surface area contributed by atoms with Crippen LogP contribution in [-0.2, 0) is 14.3 Å². The third-order valence-corrected chi connectivity index (χ3v) is 5.39. The van der Waals surface area contributed by atoms with Crippen molar-refractivity contribution in [2.45, 2.75) is 12.8 Å². The Hall–Kier alpha value is -3.19. The van der Waals surface area contributed by atoms with E-state index < -0.39 is 17.7 Å². The first-order chi connectivity index (χ1) is 13.9. The largest absolute Gasteiger partial charge is 0.462 e. The van der Waals surface area contributed by atoms with Crippen LogP contribution in [0, 0.1) is 0 Å². The van der Waals surface area contributed by atoms with E-state index in [4.69, 9.17) is 15.2 Å². The van der Waals surface area contributed by atoms with Gasteiger partial charge in [0.2, 0.25) is 11.7 Å². The maximum absolute atomic E-state index is 13.4. The first kappa shape index (κ1) is 19.1. The van der Waals surface area contributed by atoms with Crippen molar-refractivity contribution >= 4 is 33.5 Å². The minimum atomic E-state index is -0.879. The van der Waals surface area contributed by atoms with Crippen LogP contribution >= 0.6 is 15.9 Å². The monoisotopic (exact) mass is 453 g/mol. The molecule has 0 aromatic heterocycles. The Morgan fingerprint density at radius 3 is 2.31 bits per heavy atom. The van der Waals surface area contributed by atoms with Crippen LogP contribution in [0.25, 0.3) is 0 Å². The number of halogens is 1. The minimum Gasteiger partial charge on any atom is -0.462 e. The Kier molecular flexibility index (Phi) is 4.84. The fraction of sp³-hybridized carbons (Fsp3) is 0.136. The molecular weight excluding hydrogens is 438 g/mol. The Bertz CT molecular complexity index is 1110. The number of ketones is 2. The summed E-state index contributed by atoms with van der Waals surface area (Å²) in [5.74, 6) is -2.78. The number of nitrogens with two attached hydrogens (primary N) is 1. The van der Waals surface area contributed by atoms with Crippen LogP contribution in [-0.4, -0.2) is 24.1 Å². The SMILES string of the molecule is CCOC(=O)C1=C(N)OC2=C(C(=O)c3ccccc3C2=O)C1c1ccc(Br)cc1. The molecule has 2 N–H and O–H groups in total. The lowest BCUT2D eigenvalue weighted by Gasteiger charge is -2.32. The summed E-state index contributed by atoms with van der Waals surface area (Å²) in [6.45, 7) is 1.80. The number of hydrogen-bond donors (Lipinski definition) is 1. The summed E-state index contributed by atoms with van der Waals surface area (Å²) in [7, 11) is 0. The molecule has 1 unspecified atom stereocenters. The smallest absolute Gasteiger partial charge is 0.340 e. The number of benzene rings is 2. The van der Waals surface area contributed by atoms with Crippen molar-refractivity contribution in [1.82, 2.24) is 0 Å². The molecule has 2 aromatic carbocycles. The molecule has 0 bridgehead atoms. The summed E-state index contributed by atoms with van der Waals surface area (Å²) in [5.41, 5.74) is 7.29. The third kappa shape index (κ3) is 3.07. The lowest BCUT2D eigenvalue weighted by Crippen LogP contribution is -2.35. The summed E-state index contributed by atoms with van der Waals surface area (Å²) in [4.78, 5) is 39.1. The van der Waals surface area contributed by atoms with Gasteiger partial charge in [0, 0.05) is 15.6 Å². The zero-order chi connectivity index (χ0) is 20.7. The third-order valence-electron chi connectivity index (χ3n) is 4.87. The van der Waals surface area contributed by atoms with Crippen LogP contribution in [0.4, 0.5) is 0 Å². The van der Waals surface area contributed by atoms with E-state index >= 15 is 0 Å². The topological polar surface area (TPSA) is 95.7 Å². The molecule has 4 rings (SSSR count). The zero-order valence-electron chi connectivity index (χ0n) is 15.4. The van der Waals surface area contributed by atoms with E-state index in [-0.39, 0.29) is 46.3 Å². The average molecular weight is 454 g/mol. The number of carbonyl (C=O) groups excluding carboxylic acids is 3. The number of Topliss-reactive ketones (excluding diaryl/α,β-unsaturated/α-hetero) is 2. The van der Waals surface area contributed by atoms with E-state index in [1.54, 1.807) is 55.5 Å². The number of hydrogen-bond acceptors (Lipinski definition) is 6. The molecule has 29 heavy (non-hydrogen) atoms. The molecular formula is C22H16BrNO5. The summed E-state index contributed by atoms with van der Waals surface area (Å²) in [5, 5.41) is 0. The minimum absolute atomic E-state index is 0.00783. The molecule has 2 aliphatic rings. The van der Waals surface area contributed by atoms with Crippen molar-refractivity contribution in [3.8, 4) is 0 Å². The molecule has 1 atom stereocenters. The predicted octanol–water partition coefficient (Wildman–Crippen LogP) is 3.63. The molecule has 0 saturated carbocycles. The predicted molar refractivity (Wildman–Crippen MR) is 108 cm³/mol. The number of carbonyl (C=O) groups is 3. The maximum atomic E-state index is 13.4. The normalized spacial score (nSPS) is 18.2. The lowest BCUT2D eigenvalue weighted by molar-refractivity contribution is -0.139. The van der Waals surface area contributed by atoms with Gasteiger partial charge in [-0.1, -0.05) is 52.3 Å². The fourth-order valence-electron chi connectivity index (χ4n) is 3.60. The van der Waals surface area contributed by atoms with Gasteiger partial charge in [-0.15, -0.1) is 0 Å². The van der Waals surface area contributed by atoms with Crippen LogP contribution in [0.5, 0.6) is 0 Å². The fourth-order valence-corrected chi connectivity index (χ4v) is 3.87. The molecule has 7 heteroatoms. The van der Waals surface area contributed by atoms with E-state index in [1.807, 2.05) is 0 Å². The van der Waals surface area contributed by atoms with Crippen LogP contribution < -0.4 is 5.73 Å². The highest BCUT2D eigenvalue weighted by molar-refractivity contribution is 9.10. The molecule has 1 aliphatic carbocycles. The second kappa shape index (κ2) is 7.33. The van der Waals surface area contributed by atoms with Crippen LogP contribution in [0.2, 0.25) is 0 Å². The van der Waals surface area contributed by atoms with Gasteiger partial charge < -0.3 is 15.2 Å². The van der Waals surface area contributed by atoms with Gasteiger partial charge in [-0.2, -0.15) is 0 Å². The van der Waals surface area contributed by atoms with Crippen LogP contribution in [0.15, 0.2) is 75.8 Å². The Balaban J connectivity index is 1.95. The maximum Gasteiger partial charge on any atom is 0.340 e. The van der Waals surface area contributed by atoms with Crippen LogP contribution in [0.1, 0.15) is 39.1 Å². The van der Waals surface area contributed by atoms with Gasteiger partial charge in [-0.25, -0.2) is 4.79 Å². The summed E-state index contributed by atoms with van der Waals surface area (Å²) in [6, 6.07) is 13.6. The summed E-state index contributed by atoms with van der Waals surface area (Å²) in [6.07, 6.45) is 0. The average Bonchev–Trinajstić information content (AvgIpc) is 2.72. The molecule has 0 radical (unpaired) electrons. The van der Waals surface area contributed by atoms with Gasteiger partial charge >= 0.3 is 5.97 Å². The van der Waals surface area contributed by atoms with Gasteiger partial charge in [-0.3, -0.25) is 9.59 Å². The first-order valence-electron chi connectivity index (χ1n) is 8.96. The molecule has 0 spiro atoms. The lowest BCUT2D eigenvalue weighted by atomic mass is 9.75. The second-order valence-electron chi connectivity index (χ2n) is 6.53. The highest BCUT2D eigenvalue weighted by Crippen LogP contribution is 2.44. The number of rotatable bonds is 3. The first-order valence-corrected chi connectivity index (χ1v) is 9.76. The number of esters is 1. The van der Waals surface area contributed by atoms with Crippen LogP contribution in [0.3, 0.4) is 0 Å². The van der Waals surface area contributed by atoms with Crippen molar-refractivity contribution in [3.05, 3.63) is 92.5 Å². The molecule has 2 aromatic rings. The van der Waals surface area contributed by atoms with Crippen molar-refractivity contribution in [2.75, 3.05) is 6.61 Å². The zero-order valence-corrected chi connectivity index (χ0v) is 17.0. The standard InChI is InChI=1S/C22H16BrNO5/c1-2-28-22(27)17-15(11-7-9-12(23)10-8-11)16-18(25)13-5-3-4-6-14(13)19(26)20(16)29-21(17)24/h3-10,15H,2,24H2,1H3. The van der Waals surface area contributed by atoms with Crippen molar-refractivity contribution in [3.63, 3.8) is 0 Å². The van der Waals surface area contributed by atoms with E-state index in [0.29, 0.717) is 5.56 Å². The van der Waals surface area contributed by atoms with E-state index in [2.05, 4.69) is 15.9 Å². The molecule has 1 heterocycles. The molecule has 146 valence electrons. The Labute approximate surface area is 175 Å². The molecule has 0 saturated heterocycles. The van der Waals surface area contributed by atoms with Gasteiger partial charge in [0.05, 0.1) is 18.1 Å². The molecule has 6 nitrogen and oxygen atoms in total. The Morgan fingerprint density at radius 1 is 1.07 bits per heavy atom. The van der Waals surface area contributed by atoms with Gasteiger partial charge in [-0.05, 0) is 24.6 Å². The van der Waals surface area contributed by atoms with Gasteiger partial charge in [0.15, 0.2) is 11.5 Å². The second-order valence-corrected chi connectivity index (χ2v) is 7.45.